The molecule has 0 bridgehead atoms. The second kappa shape index (κ2) is 8.05. The number of carbonyl (C=O) groups is 1. The molecule has 0 radical (unpaired) electrons. The predicted octanol–water partition coefficient (Wildman–Crippen LogP) is 3.04. The molecule has 2 aromatic carbocycles. The Hall–Kier alpha value is -3.12. The molecule has 1 aromatic heterocycles. The number of amides is 1. The van der Waals surface area contributed by atoms with Crippen LogP contribution in [-0.2, 0) is 0 Å². The van der Waals surface area contributed by atoms with Crippen LogP contribution in [0.5, 0.6) is 5.75 Å². The maximum Gasteiger partial charge on any atom is 0.349 e. The third-order valence-corrected chi connectivity index (χ3v) is 4.01. The van der Waals surface area contributed by atoms with E-state index < -0.39 is 17.6 Å². The van der Waals surface area contributed by atoms with Gasteiger partial charge in [-0.1, -0.05) is 30.3 Å². The first kappa shape index (κ1) is 18.7. The summed E-state index contributed by atoms with van der Waals surface area (Å²) in [5.41, 5.74) is 0.228. The summed E-state index contributed by atoms with van der Waals surface area (Å²) in [6.45, 7) is 3.51. The highest BCUT2D eigenvalue weighted by Crippen LogP contribution is 2.22. The Balaban J connectivity index is 1.88. The van der Waals surface area contributed by atoms with Crippen LogP contribution in [0.1, 0.15) is 35.8 Å². The fourth-order valence-corrected chi connectivity index (χ4v) is 2.75. The van der Waals surface area contributed by atoms with Crippen LogP contribution in [0.3, 0.4) is 0 Å². The van der Waals surface area contributed by atoms with Gasteiger partial charge in [0.25, 0.3) is 5.91 Å². The highest BCUT2D eigenvalue weighted by Gasteiger charge is 2.19. The van der Waals surface area contributed by atoms with Gasteiger partial charge < -0.3 is 19.6 Å². The number of benzene rings is 2. The van der Waals surface area contributed by atoms with Gasteiger partial charge in [-0.25, -0.2) is 4.79 Å². The van der Waals surface area contributed by atoms with Crippen LogP contribution in [0.25, 0.3) is 11.0 Å². The van der Waals surface area contributed by atoms with Gasteiger partial charge >= 0.3 is 5.63 Å². The molecule has 6 heteroatoms. The molecule has 0 fully saturated rings. The molecule has 1 heterocycles. The Morgan fingerprint density at radius 2 is 1.89 bits per heavy atom. The van der Waals surface area contributed by atoms with Crippen LogP contribution in [-0.4, -0.2) is 23.7 Å². The molecule has 6 nitrogen and oxygen atoms in total. The lowest BCUT2D eigenvalue weighted by Crippen LogP contribution is -2.33. The molecule has 140 valence electrons. The zero-order valence-electron chi connectivity index (χ0n) is 15.1. The summed E-state index contributed by atoms with van der Waals surface area (Å²) in [5, 5.41) is 12.9. The normalized spacial score (nSPS) is 12.1. The number of aliphatic hydroxyl groups excluding tert-OH is 1. The van der Waals surface area contributed by atoms with Crippen molar-refractivity contribution in [2.75, 3.05) is 6.61 Å². The molecule has 0 aliphatic heterocycles. The fraction of sp³-hybridized carbons (Fsp3) is 0.238. The van der Waals surface area contributed by atoms with E-state index in [2.05, 4.69) is 5.32 Å². The van der Waals surface area contributed by atoms with E-state index in [1.807, 2.05) is 32.0 Å². The minimum absolute atomic E-state index is 0.00683. The standard InChI is InChI=1S/C21H21NO5/c1-13(2)26-16-9-8-15-10-17(21(25)27-19(15)11-16)20(24)22-18(12-23)14-6-4-3-5-7-14/h3-11,13,18,23H,12H2,1-2H3,(H,22,24)/t18-/m1/s1. The number of aliphatic hydroxyl groups is 1. The van der Waals surface area contributed by atoms with Crippen molar-refractivity contribution in [2.24, 2.45) is 0 Å². The molecule has 0 aliphatic rings. The molecule has 3 aromatic rings. The van der Waals surface area contributed by atoms with Crippen LogP contribution in [0.15, 0.2) is 63.8 Å². The van der Waals surface area contributed by atoms with Gasteiger partial charge in [0, 0.05) is 11.5 Å². The van der Waals surface area contributed by atoms with Crippen molar-refractivity contribution in [3.8, 4) is 5.75 Å². The van der Waals surface area contributed by atoms with E-state index in [0.717, 1.165) is 5.56 Å². The van der Waals surface area contributed by atoms with Gasteiger partial charge in [0.2, 0.25) is 0 Å². The van der Waals surface area contributed by atoms with Gasteiger partial charge in [0.1, 0.15) is 16.9 Å². The Morgan fingerprint density at radius 1 is 1.15 bits per heavy atom. The molecule has 1 amide bonds. The van der Waals surface area contributed by atoms with Crippen molar-refractivity contribution in [3.63, 3.8) is 0 Å². The first-order valence-electron chi connectivity index (χ1n) is 8.69. The van der Waals surface area contributed by atoms with Gasteiger partial charge in [-0.2, -0.15) is 0 Å². The Kier molecular flexibility index (Phi) is 5.57. The van der Waals surface area contributed by atoms with E-state index >= 15 is 0 Å². The van der Waals surface area contributed by atoms with Crippen LogP contribution >= 0.6 is 0 Å². The number of rotatable bonds is 6. The molecule has 0 saturated carbocycles. The van der Waals surface area contributed by atoms with E-state index in [4.69, 9.17) is 9.15 Å². The van der Waals surface area contributed by atoms with Crippen molar-refractivity contribution in [1.82, 2.24) is 5.32 Å². The second-order valence-corrected chi connectivity index (χ2v) is 6.43. The summed E-state index contributed by atoms with van der Waals surface area (Å²) in [6.07, 6.45) is -0.00683. The lowest BCUT2D eigenvalue weighted by atomic mass is 10.1. The van der Waals surface area contributed by atoms with E-state index in [1.165, 1.54) is 6.07 Å². The first-order chi connectivity index (χ1) is 13.0. The average molecular weight is 367 g/mol. The smallest absolute Gasteiger partial charge is 0.349 e. The van der Waals surface area contributed by atoms with Crippen molar-refractivity contribution in [2.45, 2.75) is 26.0 Å². The van der Waals surface area contributed by atoms with Gasteiger partial charge in [-0.3, -0.25) is 4.79 Å². The Labute approximate surface area is 156 Å². The molecule has 0 spiro atoms. The van der Waals surface area contributed by atoms with Crippen LogP contribution in [0.2, 0.25) is 0 Å². The summed E-state index contributed by atoms with van der Waals surface area (Å²) in [4.78, 5) is 24.8. The molecule has 3 rings (SSSR count). The monoisotopic (exact) mass is 367 g/mol. The second-order valence-electron chi connectivity index (χ2n) is 6.43. The zero-order chi connectivity index (χ0) is 19.4. The van der Waals surface area contributed by atoms with E-state index in [9.17, 15) is 14.7 Å². The van der Waals surface area contributed by atoms with Gasteiger partial charge in [0.05, 0.1) is 18.8 Å². The topological polar surface area (TPSA) is 88.8 Å². The van der Waals surface area contributed by atoms with Crippen molar-refractivity contribution in [3.05, 3.63) is 76.1 Å². The number of nitrogens with one attached hydrogen (secondary N) is 1. The summed E-state index contributed by atoms with van der Waals surface area (Å²) >= 11 is 0. The molecular weight excluding hydrogens is 346 g/mol. The third-order valence-electron chi connectivity index (χ3n) is 4.01. The SMILES string of the molecule is CC(C)Oc1ccc2cc(C(=O)N[C@H](CO)c3ccccc3)c(=O)oc2c1. The summed E-state index contributed by atoms with van der Waals surface area (Å²) in [5.74, 6) is -0.0154. The maximum absolute atomic E-state index is 12.6. The molecule has 1 atom stereocenters. The summed E-state index contributed by atoms with van der Waals surface area (Å²) < 4.78 is 10.9. The first-order valence-corrected chi connectivity index (χ1v) is 8.69. The number of fused-ring (bicyclic) bond motifs is 1. The minimum Gasteiger partial charge on any atom is -0.491 e. The number of carbonyl (C=O) groups excluding carboxylic acids is 1. The molecule has 2 N–H and O–H groups in total. The number of hydrogen-bond donors (Lipinski definition) is 2. The Morgan fingerprint density at radius 3 is 2.56 bits per heavy atom. The van der Waals surface area contributed by atoms with Crippen LogP contribution in [0, 0.1) is 0 Å². The van der Waals surface area contributed by atoms with Crippen LogP contribution < -0.4 is 15.7 Å². The summed E-state index contributed by atoms with van der Waals surface area (Å²) in [7, 11) is 0. The fourth-order valence-electron chi connectivity index (χ4n) is 2.75. The molecule has 27 heavy (non-hydrogen) atoms. The predicted molar refractivity (Wildman–Crippen MR) is 102 cm³/mol. The molecule has 0 saturated heterocycles. The van der Waals surface area contributed by atoms with Crippen LogP contribution in [0.4, 0.5) is 0 Å². The number of ether oxygens (including phenoxy) is 1. The lowest BCUT2D eigenvalue weighted by Gasteiger charge is -2.16. The molecular formula is C21H21NO5. The van der Waals surface area contributed by atoms with Crippen molar-refractivity contribution in [1.29, 1.82) is 0 Å². The van der Waals surface area contributed by atoms with E-state index in [0.29, 0.717) is 16.7 Å². The highest BCUT2D eigenvalue weighted by atomic mass is 16.5. The molecule has 0 aliphatic carbocycles. The minimum atomic E-state index is -0.744. The quantitative estimate of drug-likeness (QED) is 0.654. The number of hydrogen-bond acceptors (Lipinski definition) is 5. The highest BCUT2D eigenvalue weighted by molar-refractivity contribution is 5.97. The van der Waals surface area contributed by atoms with E-state index in [-0.39, 0.29) is 18.3 Å². The van der Waals surface area contributed by atoms with Crippen molar-refractivity contribution < 1.29 is 19.1 Å². The molecule has 0 unspecified atom stereocenters. The van der Waals surface area contributed by atoms with E-state index in [1.54, 1.807) is 30.3 Å². The zero-order valence-corrected chi connectivity index (χ0v) is 15.1. The largest absolute Gasteiger partial charge is 0.491 e. The Bertz CT molecular complexity index is 994. The average Bonchev–Trinajstić information content (AvgIpc) is 2.65. The maximum atomic E-state index is 12.6. The van der Waals surface area contributed by atoms with Gasteiger partial charge in [0.15, 0.2) is 0 Å². The van der Waals surface area contributed by atoms with Gasteiger partial charge in [-0.15, -0.1) is 0 Å². The third kappa shape index (κ3) is 4.35. The van der Waals surface area contributed by atoms with Crippen molar-refractivity contribution >= 4 is 16.9 Å². The lowest BCUT2D eigenvalue weighted by molar-refractivity contribution is 0.0912. The summed E-state index contributed by atoms with van der Waals surface area (Å²) in [6, 6.07) is 15.0. The van der Waals surface area contributed by atoms with Gasteiger partial charge in [-0.05, 0) is 37.6 Å².